The number of hydrogen-bond acceptors (Lipinski definition) is 6. The maximum Gasteiger partial charge on any atom is 0.246 e. The van der Waals surface area contributed by atoms with Gasteiger partial charge >= 0.3 is 0 Å². The number of amides is 3. The first-order valence-corrected chi connectivity index (χ1v) is 14.1. The lowest BCUT2D eigenvalue weighted by atomic mass is 10.0. The Bertz CT molecular complexity index is 1200. The predicted octanol–water partition coefficient (Wildman–Crippen LogP) is 3.90. The number of ether oxygens (including phenoxy) is 2. The van der Waals surface area contributed by atoms with Gasteiger partial charge in [-0.15, -0.1) is 0 Å². The Morgan fingerprint density at radius 3 is 2.42 bits per heavy atom. The fourth-order valence-corrected chi connectivity index (χ4v) is 5.01. The summed E-state index contributed by atoms with van der Waals surface area (Å²) in [5.74, 6) is 1.66. The van der Waals surface area contributed by atoms with Gasteiger partial charge in [-0.1, -0.05) is 18.2 Å². The lowest BCUT2D eigenvalue weighted by Gasteiger charge is -2.24. The Morgan fingerprint density at radius 2 is 1.65 bits per heavy atom. The molecule has 3 aliphatic heterocycles. The third-order valence-corrected chi connectivity index (χ3v) is 7.29. The normalized spacial score (nSPS) is 20.5. The highest BCUT2D eigenvalue weighted by Gasteiger charge is 2.20. The average Bonchev–Trinajstić information content (AvgIpc) is 2.95. The van der Waals surface area contributed by atoms with Gasteiger partial charge in [-0.25, -0.2) is 0 Å². The molecule has 0 saturated carbocycles. The predicted molar refractivity (Wildman–Crippen MR) is 154 cm³/mol. The van der Waals surface area contributed by atoms with Crippen LogP contribution in [0.15, 0.2) is 48.5 Å². The summed E-state index contributed by atoms with van der Waals surface area (Å²) in [5.41, 5.74) is 1.79. The van der Waals surface area contributed by atoms with E-state index in [0.29, 0.717) is 62.9 Å². The minimum Gasteiger partial charge on any atom is -0.493 e. The van der Waals surface area contributed by atoms with Gasteiger partial charge in [-0.05, 0) is 73.7 Å². The largest absolute Gasteiger partial charge is 0.493 e. The highest BCUT2D eigenvalue weighted by atomic mass is 16.5. The van der Waals surface area contributed by atoms with Crippen molar-refractivity contribution in [3.8, 4) is 17.2 Å². The summed E-state index contributed by atoms with van der Waals surface area (Å²) in [6.45, 7) is 5.13. The number of carbonyl (C=O) groups excluding carboxylic acids is 3. The zero-order valence-corrected chi connectivity index (χ0v) is 23.5. The van der Waals surface area contributed by atoms with Gasteiger partial charge in [0.05, 0.1) is 7.11 Å². The Balaban J connectivity index is 1.71. The second-order valence-corrected chi connectivity index (χ2v) is 10.2. The van der Waals surface area contributed by atoms with Crippen molar-refractivity contribution in [1.82, 2.24) is 20.4 Å². The molecule has 0 aromatic heterocycles. The summed E-state index contributed by atoms with van der Waals surface area (Å²) >= 11 is 0. The summed E-state index contributed by atoms with van der Waals surface area (Å²) in [6.07, 6.45) is 6.64. The van der Waals surface area contributed by atoms with Crippen LogP contribution in [0.3, 0.4) is 0 Å². The minimum absolute atomic E-state index is 0.0433. The van der Waals surface area contributed by atoms with E-state index in [-0.39, 0.29) is 30.2 Å². The van der Waals surface area contributed by atoms with Crippen LogP contribution < -0.4 is 20.1 Å². The summed E-state index contributed by atoms with van der Waals surface area (Å²) in [5, 5.41) is 6.56. The molecule has 3 heterocycles. The lowest BCUT2D eigenvalue weighted by molar-refractivity contribution is -0.129. The van der Waals surface area contributed by atoms with Crippen molar-refractivity contribution in [2.75, 3.05) is 46.4 Å². The number of fused-ring (bicyclic) bond motifs is 3. The van der Waals surface area contributed by atoms with Crippen LogP contribution in [0.4, 0.5) is 0 Å². The van der Waals surface area contributed by atoms with Gasteiger partial charge in [0.25, 0.3) is 0 Å². The molecular weight excluding hydrogens is 508 g/mol. The Labute approximate surface area is 236 Å². The van der Waals surface area contributed by atoms with Crippen molar-refractivity contribution in [3.63, 3.8) is 0 Å². The number of rotatable bonds is 1. The molecule has 1 saturated heterocycles. The van der Waals surface area contributed by atoms with Gasteiger partial charge in [0.1, 0.15) is 5.75 Å². The van der Waals surface area contributed by atoms with Crippen LogP contribution in [0.25, 0.3) is 6.08 Å². The first-order valence-electron chi connectivity index (χ1n) is 14.1. The van der Waals surface area contributed by atoms with Gasteiger partial charge in [-0.2, -0.15) is 0 Å². The average molecular weight is 549 g/mol. The molecule has 214 valence electrons. The first kappa shape index (κ1) is 29.1. The molecule has 0 radical (unpaired) electrons. The molecule has 3 amide bonds. The number of nitrogens with one attached hydrogen (secondary N) is 2. The second-order valence-electron chi connectivity index (χ2n) is 10.2. The maximum absolute atomic E-state index is 13.1. The molecule has 1 atom stereocenters. The Hall–Kier alpha value is -3.85. The van der Waals surface area contributed by atoms with Crippen LogP contribution in [-0.4, -0.2) is 73.9 Å². The molecule has 0 unspecified atom stereocenters. The molecule has 0 aliphatic carbocycles. The quantitative estimate of drug-likeness (QED) is 0.561. The van der Waals surface area contributed by atoms with Crippen molar-refractivity contribution in [3.05, 3.63) is 59.7 Å². The molecule has 9 nitrogen and oxygen atoms in total. The fourth-order valence-electron chi connectivity index (χ4n) is 5.01. The van der Waals surface area contributed by atoms with E-state index in [4.69, 9.17) is 9.47 Å². The zero-order valence-electron chi connectivity index (χ0n) is 23.5. The molecule has 40 heavy (non-hydrogen) atoms. The number of methoxy groups -OCH3 is 1. The van der Waals surface area contributed by atoms with Gasteiger partial charge < -0.3 is 29.9 Å². The Morgan fingerprint density at radius 1 is 0.925 bits per heavy atom. The van der Waals surface area contributed by atoms with E-state index >= 15 is 0 Å². The van der Waals surface area contributed by atoms with Crippen molar-refractivity contribution >= 4 is 23.8 Å². The van der Waals surface area contributed by atoms with Gasteiger partial charge in [0, 0.05) is 58.2 Å². The monoisotopic (exact) mass is 548 g/mol. The number of hydrogen-bond donors (Lipinski definition) is 2. The first-order chi connectivity index (χ1) is 19.4. The molecular formula is C31H40N4O5. The molecule has 2 aromatic rings. The van der Waals surface area contributed by atoms with Crippen LogP contribution in [0.5, 0.6) is 17.2 Å². The molecule has 9 heteroatoms. The van der Waals surface area contributed by atoms with E-state index in [0.717, 1.165) is 30.4 Å². The maximum atomic E-state index is 13.1. The lowest BCUT2D eigenvalue weighted by Crippen LogP contribution is -2.35. The highest BCUT2D eigenvalue weighted by molar-refractivity contribution is 5.91. The van der Waals surface area contributed by atoms with E-state index < -0.39 is 0 Å². The number of benzene rings is 2. The van der Waals surface area contributed by atoms with E-state index in [9.17, 15) is 14.4 Å². The molecule has 0 spiro atoms. The molecule has 6 bridgehead atoms. The topological polar surface area (TPSA) is 100 Å². The number of nitrogens with zero attached hydrogens (tertiary/aromatic N) is 2. The summed E-state index contributed by atoms with van der Waals surface area (Å²) < 4.78 is 11.8. The van der Waals surface area contributed by atoms with E-state index in [1.165, 1.54) is 0 Å². The molecule has 3 aliphatic rings. The highest BCUT2D eigenvalue weighted by Crippen LogP contribution is 2.35. The standard InChI is InChI=1S/C31H40N4O5/c1-23(36)34-17-3-4-18-35-20-6-16-33-30(37)22-27(32-15-5-19-34)25-10-13-28(39-2)29(21-25)40-26-11-7-24(8-12-26)9-14-31(35)38/h7-14,21,27,32H,3-6,15-20,22H2,1-2H3,(H,33,37)/b14-9-/t27-/m0/s1. The van der Waals surface area contributed by atoms with Crippen LogP contribution in [0.2, 0.25) is 0 Å². The van der Waals surface area contributed by atoms with Gasteiger partial charge in [-0.3, -0.25) is 14.4 Å². The van der Waals surface area contributed by atoms with Crippen molar-refractivity contribution in [2.24, 2.45) is 0 Å². The third-order valence-electron chi connectivity index (χ3n) is 7.29. The van der Waals surface area contributed by atoms with Crippen LogP contribution in [0.1, 0.15) is 56.2 Å². The summed E-state index contributed by atoms with van der Waals surface area (Å²) in [7, 11) is 1.59. The second kappa shape index (κ2) is 14.5. The van der Waals surface area contributed by atoms with Crippen LogP contribution >= 0.6 is 0 Å². The zero-order chi connectivity index (χ0) is 28.3. The van der Waals surface area contributed by atoms with Gasteiger partial charge in [0.15, 0.2) is 11.5 Å². The molecule has 5 rings (SSSR count). The summed E-state index contributed by atoms with van der Waals surface area (Å²) in [4.78, 5) is 42.1. The van der Waals surface area contributed by atoms with Crippen molar-refractivity contribution in [2.45, 2.75) is 45.1 Å². The van der Waals surface area contributed by atoms with Gasteiger partial charge in [0.2, 0.25) is 17.7 Å². The Kier molecular flexibility index (Phi) is 10.6. The van der Waals surface area contributed by atoms with Crippen molar-refractivity contribution in [1.29, 1.82) is 0 Å². The minimum atomic E-state index is -0.263. The fraction of sp³-hybridized carbons (Fsp3) is 0.452. The SMILES string of the molecule is COc1ccc2cc1Oc1ccc(cc1)/C=C\C(=O)N1CCCCN(C(C)=O)CCCN[C@H]2CC(=O)NCCC1. The molecule has 2 N–H and O–H groups in total. The molecule has 1 fully saturated rings. The van der Waals surface area contributed by atoms with Crippen LogP contribution in [-0.2, 0) is 14.4 Å². The smallest absolute Gasteiger partial charge is 0.246 e. The number of carbonyl (C=O) groups is 3. The van der Waals surface area contributed by atoms with Crippen molar-refractivity contribution < 1.29 is 23.9 Å². The van der Waals surface area contributed by atoms with E-state index in [1.807, 2.05) is 52.3 Å². The van der Waals surface area contributed by atoms with E-state index in [2.05, 4.69) is 10.6 Å². The third kappa shape index (κ3) is 8.32. The van der Waals surface area contributed by atoms with E-state index in [1.54, 1.807) is 26.2 Å². The van der Waals surface area contributed by atoms with Crippen LogP contribution in [0, 0.1) is 0 Å². The summed E-state index contributed by atoms with van der Waals surface area (Å²) in [6, 6.07) is 13.0. The molecule has 2 aromatic carbocycles.